The van der Waals surface area contributed by atoms with Crippen LogP contribution in [0.25, 0.3) is 0 Å². The van der Waals surface area contributed by atoms with Crippen molar-refractivity contribution in [1.29, 1.82) is 0 Å². The molecule has 0 radical (unpaired) electrons. The van der Waals surface area contributed by atoms with Crippen molar-refractivity contribution in [3.05, 3.63) is 22.6 Å². The maximum absolute atomic E-state index is 11.1. The Labute approximate surface area is 85.1 Å². The fraction of sp³-hybridized carbons (Fsp3) is 0.333. The van der Waals surface area contributed by atoms with E-state index in [2.05, 4.69) is 4.98 Å². The van der Waals surface area contributed by atoms with Crippen molar-refractivity contribution in [1.82, 2.24) is 4.98 Å². The molecule has 1 aromatic heterocycles. The third-order valence-corrected chi connectivity index (χ3v) is 3.76. The number of thioether (sulfide) groups is 1. The van der Waals surface area contributed by atoms with Crippen molar-refractivity contribution in [2.24, 2.45) is 0 Å². The summed E-state index contributed by atoms with van der Waals surface area (Å²) in [5.41, 5.74) is 0. The first-order valence-corrected chi connectivity index (χ1v) is 5.85. The van der Waals surface area contributed by atoms with E-state index in [0.717, 1.165) is 22.1 Å². The lowest BCUT2D eigenvalue weighted by Crippen LogP contribution is -2.00. The van der Waals surface area contributed by atoms with Gasteiger partial charge in [0.05, 0.1) is 0 Å². The van der Waals surface area contributed by atoms with Gasteiger partial charge in [0.1, 0.15) is 0 Å². The second-order valence-corrected chi connectivity index (χ2v) is 5.10. The van der Waals surface area contributed by atoms with Crippen molar-refractivity contribution >= 4 is 28.9 Å². The second kappa shape index (κ2) is 4.07. The summed E-state index contributed by atoms with van der Waals surface area (Å²) in [6.45, 7) is 0. The van der Waals surface area contributed by atoms with Gasteiger partial charge in [0, 0.05) is 18.0 Å². The van der Waals surface area contributed by atoms with Gasteiger partial charge in [0.2, 0.25) is 0 Å². The minimum absolute atomic E-state index is 0.255. The fourth-order valence-electron chi connectivity index (χ4n) is 1.21. The number of carbonyl (C=O) groups excluding carboxylic acids is 1. The van der Waals surface area contributed by atoms with Gasteiger partial charge in [0.15, 0.2) is 10.1 Å². The van der Waals surface area contributed by atoms with Gasteiger partial charge in [-0.25, -0.2) is 4.98 Å². The zero-order chi connectivity index (χ0) is 9.10. The SMILES string of the molecule is O=C1C=C(Sc2nccs2)CCC1. The number of rotatable bonds is 2. The highest BCUT2D eigenvalue weighted by Crippen LogP contribution is 2.33. The van der Waals surface area contributed by atoms with Gasteiger partial charge in [0.25, 0.3) is 0 Å². The Morgan fingerprint density at radius 2 is 2.38 bits per heavy atom. The molecule has 4 heteroatoms. The molecule has 13 heavy (non-hydrogen) atoms. The summed E-state index contributed by atoms with van der Waals surface area (Å²) in [4.78, 5) is 16.4. The van der Waals surface area contributed by atoms with Crippen LogP contribution in [0.3, 0.4) is 0 Å². The molecular weight excluding hydrogens is 202 g/mol. The molecule has 0 amide bonds. The Hall–Kier alpha value is -0.610. The molecule has 0 saturated carbocycles. The first kappa shape index (κ1) is 8.97. The summed E-state index contributed by atoms with van der Waals surface area (Å²) in [5.74, 6) is 0.255. The Morgan fingerprint density at radius 3 is 3.08 bits per heavy atom. The minimum Gasteiger partial charge on any atom is -0.295 e. The number of hydrogen-bond acceptors (Lipinski definition) is 4. The molecular formula is C9H9NOS2. The molecule has 1 aliphatic rings. The maximum Gasteiger partial charge on any atom is 0.156 e. The largest absolute Gasteiger partial charge is 0.295 e. The molecule has 1 heterocycles. The number of ketones is 1. The van der Waals surface area contributed by atoms with E-state index in [1.165, 1.54) is 0 Å². The van der Waals surface area contributed by atoms with Crippen molar-refractivity contribution in [3.63, 3.8) is 0 Å². The van der Waals surface area contributed by atoms with Crippen LogP contribution in [0.15, 0.2) is 26.9 Å². The van der Waals surface area contributed by atoms with Gasteiger partial charge in [-0.05, 0) is 23.8 Å². The average molecular weight is 211 g/mol. The standard InChI is InChI=1S/C9H9NOS2/c11-7-2-1-3-8(6-7)13-9-10-4-5-12-9/h4-6H,1-3H2. The van der Waals surface area contributed by atoms with Crippen LogP contribution in [0, 0.1) is 0 Å². The van der Waals surface area contributed by atoms with Crippen LogP contribution in [0.4, 0.5) is 0 Å². The third-order valence-electron chi connectivity index (χ3n) is 1.80. The normalized spacial score (nSPS) is 17.2. The third kappa shape index (κ3) is 2.42. The molecule has 2 rings (SSSR count). The molecule has 0 saturated heterocycles. The highest BCUT2D eigenvalue weighted by molar-refractivity contribution is 8.04. The van der Waals surface area contributed by atoms with Crippen LogP contribution in [0.2, 0.25) is 0 Å². The molecule has 68 valence electrons. The second-order valence-electron chi connectivity index (χ2n) is 2.83. The van der Waals surface area contributed by atoms with Crippen LogP contribution in [-0.2, 0) is 4.79 Å². The van der Waals surface area contributed by atoms with Crippen LogP contribution in [-0.4, -0.2) is 10.8 Å². The van der Waals surface area contributed by atoms with E-state index in [1.54, 1.807) is 35.4 Å². The predicted octanol–water partition coefficient (Wildman–Crippen LogP) is 2.87. The van der Waals surface area contributed by atoms with E-state index in [9.17, 15) is 4.79 Å². The van der Waals surface area contributed by atoms with E-state index in [1.807, 2.05) is 5.38 Å². The van der Waals surface area contributed by atoms with E-state index >= 15 is 0 Å². The Morgan fingerprint density at radius 1 is 1.46 bits per heavy atom. The highest BCUT2D eigenvalue weighted by Gasteiger charge is 2.11. The monoisotopic (exact) mass is 211 g/mol. The van der Waals surface area contributed by atoms with Crippen LogP contribution >= 0.6 is 23.1 Å². The zero-order valence-corrected chi connectivity index (χ0v) is 8.66. The topological polar surface area (TPSA) is 30.0 Å². The summed E-state index contributed by atoms with van der Waals surface area (Å²) in [5, 5.41) is 1.95. The molecule has 0 aromatic carbocycles. The van der Waals surface area contributed by atoms with Crippen molar-refractivity contribution in [2.75, 3.05) is 0 Å². The van der Waals surface area contributed by atoms with E-state index in [0.29, 0.717) is 6.42 Å². The molecule has 1 aliphatic carbocycles. The van der Waals surface area contributed by atoms with E-state index in [4.69, 9.17) is 0 Å². The molecule has 0 bridgehead atoms. The average Bonchev–Trinajstić information content (AvgIpc) is 2.57. The fourth-order valence-corrected chi connectivity index (χ4v) is 3.03. The van der Waals surface area contributed by atoms with Gasteiger partial charge < -0.3 is 0 Å². The maximum atomic E-state index is 11.1. The molecule has 2 nitrogen and oxygen atoms in total. The summed E-state index contributed by atoms with van der Waals surface area (Å²) in [6, 6.07) is 0. The number of nitrogens with zero attached hydrogens (tertiary/aromatic N) is 1. The Kier molecular flexibility index (Phi) is 2.80. The number of allylic oxidation sites excluding steroid dienone is 2. The molecule has 0 unspecified atom stereocenters. The summed E-state index contributed by atoms with van der Waals surface area (Å²) in [6.07, 6.45) is 6.27. The molecule has 0 fully saturated rings. The lowest BCUT2D eigenvalue weighted by atomic mass is 10.1. The number of hydrogen-bond donors (Lipinski definition) is 0. The number of aromatic nitrogens is 1. The predicted molar refractivity (Wildman–Crippen MR) is 54.9 cm³/mol. The van der Waals surface area contributed by atoms with Crippen molar-refractivity contribution in [3.8, 4) is 0 Å². The summed E-state index contributed by atoms with van der Waals surface area (Å²) < 4.78 is 1.03. The van der Waals surface area contributed by atoms with Crippen LogP contribution in [0.1, 0.15) is 19.3 Å². The van der Waals surface area contributed by atoms with Gasteiger partial charge >= 0.3 is 0 Å². The molecule has 0 aliphatic heterocycles. The summed E-state index contributed by atoms with van der Waals surface area (Å²) in [7, 11) is 0. The zero-order valence-electron chi connectivity index (χ0n) is 7.03. The van der Waals surface area contributed by atoms with Crippen molar-refractivity contribution in [2.45, 2.75) is 23.6 Å². The first-order chi connectivity index (χ1) is 6.34. The quantitative estimate of drug-likeness (QED) is 0.753. The number of thiazole rings is 1. The van der Waals surface area contributed by atoms with Crippen molar-refractivity contribution < 1.29 is 4.79 Å². The number of carbonyl (C=O) groups is 1. The van der Waals surface area contributed by atoms with Crippen LogP contribution < -0.4 is 0 Å². The van der Waals surface area contributed by atoms with Crippen LogP contribution in [0.5, 0.6) is 0 Å². The highest BCUT2D eigenvalue weighted by atomic mass is 32.2. The Balaban J connectivity index is 2.06. The molecule has 0 N–H and O–H groups in total. The van der Waals surface area contributed by atoms with E-state index in [-0.39, 0.29) is 5.78 Å². The minimum atomic E-state index is 0.255. The molecule has 1 aromatic rings. The van der Waals surface area contributed by atoms with Gasteiger partial charge in [-0.15, -0.1) is 11.3 Å². The van der Waals surface area contributed by atoms with Gasteiger partial charge in [-0.1, -0.05) is 11.8 Å². The molecule has 0 atom stereocenters. The Bertz CT molecular complexity index is 329. The van der Waals surface area contributed by atoms with Gasteiger partial charge in [-0.3, -0.25) is 4.79 Å². The molecule has 0 spiro atoms. The van der Waals surface area contributed by atoms with Gasteiger partial charge in [-0.2, -0.15) is 0 Å². The first-order valence-electron chi connectivity index (χ1n) is 4.15. The smallest absolute Gasteiger partial charge is 0.156 e. The lowest BCUT2D eigenvalue weighted by molar-refractivity contribution is -0.114. The summed E-state index contributed by atoms with van der Waals surface area (Å²) >= 11 is 3.24. The van der Waals surface area contributed by atoms with E-state index < -0.39 is 0 Å². The lowest BCUT2D eigenvalue weighted by Gasteiger charge is -2.08.